The van der Waals surface area contributed by atoms with Gasteiger partial charge in [0, 0.05) is 25.5 Å². The molecule has 2 amide bonds. The van der Waals surface area contributed by atoms with E-state index < -0.39 is 23.7 Å². The van der Waals surface area contributed by atoms with E-state index in [9.17, 15) is 27.6 Å². The van der Waals surface area contributed by atoms with Crippen molar-refractivity contribution in [1.29, 1.82) is 0 Å². The third-order valence-electron chi connectivity index (χ3n) is 5.68. The zero-order chi connectivity index (χ0) is 29.7. The zero-order valence-electron chi connectivity index (χ0n) is 21.5. The van der Waals surface area contributed by atoms with Crippen LogP contribution in [0, 0.1) is 0 Å². The molecule has 216 valence electrons. The number of nitrogens with one attached hydrogen (secondary N) is 4. The second-order valence-corrected chi connectivity index (χ2v) is 9.13. The van der Waals surface area contributed by atoms with Crippen molar-refractivity contribution in [2.24, 2.45) is 0 Å². The molecule has 0 radical (unpaired) electrons. The minimum Gasteiger partial charge on any atom is -0.425 e. The fourth-order valence-electron chi connectivity index (χ4n) is 3.76. The maximum absolute atomic E-state index is 13.4. The maximum Gasteiger partial charge on any atom is 0.433 e. The summed E-state index contributed by atoms with van der Waals surface area (Å²) in [7, 11) is 3.70. The van der Waals surface area contributed by atoms with Gasteiger partial charge >= 0.3 is 6.18 Å². The summed E-state index contributed by atoms with van der Waals surface area (Å²) in [6, 6.07) is 2.71. The van der Waals surface area contributed by atoms with Gasteiger partial charge in [-0.1, -0.05) is 11.6 Å². The number of fused-ring (bicyclic) bond motifs is 1. The lowest BCUT2D eigenvalue weighted by Gasteiger charge is -2.15. The van der Waals surface area contributed by atoms with E-state index in [1.54, 1.807) is 0 Å². The van der Waals surface area contributed by atoms with Crippen molar-refractivity contribution < 1.29 is 32.3 Å². The first kappa shape index (κ1) is 29.3. The highest BCUT2D eigenvalue weighted by Crippen LogP contribution is 2.39. The monoisotopic (exact) mass is 593 g/mol. The normalized spacial score (nSPS) is 11.5. The minimum absolute atomic E-state index is 0.0780. The molecule has 0 aliphatic rings. The summed E-state index contributed by atoms with van der Waals surface area (Å²) in [5, 5.41) is 13.2. The number of benzene rings is 1. The second-order valence-electron chi connectivity index (χ2n) is 8.75. The van der Waals surface area contributed by atoms with Gasteiger partial charge in [-0.25, -0.2) is 9.97 Å². The Kier molecular flexibility index (Phi) is 8.73. The summed E-state index contributed by atoms with van der Waals surface area (Å²) in [5.41, 5.74) is -1.02. The highest BCUT2D eigenvalue weighted by atomic mass is 35.5. The first-order valence-electron chi connectivity index (χ1n) is 11.8. The van der Waals surface area contributed by atoms with Gasteiger partial charge in [0.1, 0.15) is 5.69 Å². The van der Waals surface area contributed by atoms with Crippen molar-refractivity contribution in [2.75, 3.05) is 39.0 Å². The molecule has 0 fully saturated rings. The summed E-state index contributed by atoms with van der Waals surface area (Å²) in [6.45, 7) is 0.802. The van der Waals surface area contributed by atoms with Crippen LogP contribution in [0.25, 0.3) is 16.9 Å². The van der Waals surface area contributed by atoms with E-state index in [4.69, 9.17) is 16.3 Å². The Bertz CT molecular complexity index is 1590. The molecule has 0 saturated carbocycles. The van der Waals surface area contributed by atoms with Crippen molar-refractivity contribution in [3.8, 4) is 17.0 Å². The van der Waals surface area contributed by atoms with Crippen molar-refractivity contribution in [1.82, 2.24) is 40.1 Å². The van der Waals surface area contributed by atoms with Gasteiger partial charge in [-0.15, -0.1) is 0 Å². The number of ether oxygens (including phenoxy) is 1. The van der Waals surface area contributed by atoms with Crippen LogP contribution in [-0.2, 0) is 15.8 Å². The fraction of sp³-hybridized carbons (Fsp3) is 0.250. The lowest BCUT2D eigenvalue weighted by Crippen LogP contribution is -2.39. The van der Waals surface area contributed by atoms with Crippen molar-refractivity contribution in [3.05, 3.63) is 53.2 Å². The van der Waals surface area contributed by atoms with Crippen LogP contribution in [0.4, 0.5) is 24.7 Å². The first-order chi connectivity index (χ1) is 19.5. The van der Waals surface area contributed by atoms with Crippen LogP contribution in [-0.4, -0.2) is 81.5 Å². The number of halogens is 4. The van der Waals surface area contributed by atoms with Crippen molar-refractivity contribution >= 4 is 47.0 Å². The van der Waals surface area contributed by atoms with Gasteiger partial charge < -0.3 is 25.6 Å². The van der Waals surface area contributed by atoms with Gasteiger partial charge in [-0.05, 0) is 26.2 Å². The molecule has 41 heavy (non-hydrogen) atoms. The van der Waals surface area contributed by atoms with Crippen LogP contribution >= 0.6 is 11.6 Å². The number of carbonyl (C=O) groups is 3. The van der Waals surface area contributed by atoms with Crippen LogP contribution < -0.4 is 20.7 Å². The number of alkyl halides is 3. The highest BCUT2D eigenvalue weighted by Gasteiger charge is 2.36. The largest absolute Gasteiger partial charge is 0.433 e. The summed E-state index contributed by atoms with van der Waals surface area (Å²) in [6.07, 6.45) is 0.317. The summed E-state index contributed by atoms with van der Waals surface area (Å²) >= 11 is 6.39. The van der Waals surface area contributed by atoms with E-state index in [-0.39, 0.29) is 57.8 Å². The molecule has 0 spiro atoms. The number of imidazole rings is 1. The van der Waals surface area contributed by atoms with Gasteiger partial charge in [0.25, 0.3) is 12.4 Å². The lowest BCUT2D eigenvalue weighted by atomic mass is 10.1. The SMILES string of the molecule is CN(C)CCNC(=O)CNC(=O)c1ccc(Nc2nccn3c(-c4cn[nH]c4C(F)(F)F)cnc23)c(OC=O)c1Cl. The zero-order valence-corrected chi connectivity index (χ0v) is 22.3. The molecule has 0 unspecified atom stereocenters. The Balaban J connectivity index is 1.58. The molecular weight excluding hydrogens is 571 g/mol. The quantitative estimate of drug-likeness (QED) is 0.192. The third kappa shape index (κ3) is 6.55. The molecule has 0 aliphatic carbocycles. The Labute approximate surface area is 235 Å². The number of anilines is 2. The van der Waals surface area contributed by atoms with Gasteiger partial charge in [0.15, 0.2) is 17.2 Å². The number of aromatic nitrogens is 5. The standard InChI is InChI=1S/C24H23ClF3N9O4/c1-36(2)7-5-29-17(39)11-32-23(40)13-3-4-15(19(18(13)25)41-12-38)34-21-22-31-10-16(37(22)8-6-30-21)14-9-33-35-20(14)24(26,27)28/h3-4,6,8-10,12H,5,7,11H2,1-2H3,(H,29,39)(H,30,34)(H,32,40)(H,33,35). The lowest BCUT2D eigenvalue weighted by molar-refractivity contribution is -0.140. The summed E-state index contributed by atoms with van der Waals surface area (Å²) < 4.78 is 46.6. The number of hydrogen-bond acceptors (Lipinski definition) is 9. The Morgan fingerprint density at radius 3 is 2.68 bits per heavy atom. The Morgan fingerprint density at radius 1 is 1.20 bits per heavy atom. The molecule has 3 heterocycles. The van der Waals surface area contributed by atoms with E-state index in [1.165, 1.54) is 35.1 Å². The van der Waals surface area contributed by atoms with E-state index in [0.717, 1.165) is 6.20 Å². The third-order valence-corrected chi connectivity index (χ3v) is 6.05. The summed E-state index contributed by atoms with van der Waals surface area (Å²) in [4.78, 5) is 46.2. The average molecular weight is 594 g/mol. The number of rotatable bonds is 11. The second kappa shape index (κ2) is 12.2. The number of nitrogens with zero attached hydrogens (tertiary/aromatic N) is 5. The van der Waals surface area contributed by atoms with Crippen LogP contribution in [0.5, 0.6) is 5.75 Å². The molecule has 3 aromatic heterocycles. The predicted octanol–water partition coefficient (Wildman–Crippen LogP) is 2.48. The molecule has 17 heteroatoms. The number of likely N-dealkylation sites (N-methyl/N-ethyl adjacent to an activating group) is 1. The van der Waals surface area contributed by atoms with Crippen LogP contribution in [0.15, 0.2) is 36.9 Å². The smallest absolute Gasteiger partial charge is 0.425 e. The maximum atomic E-state index is 13.4. The van der Waals surface area contributed by atoms with Crippen LogP contribution in [0.2, 0.25) is 5.02 Å². The molecule has 4 rings (SSSR count). The first-order valence-corrected chi connectivity index (χ1v) is 12.2. The van der Waals surface area contributed by atoms with Gasteiger partial charge in [-0.3, -0.25) is 23.9 Å². The molecule has 0 aliphatic heterocycles. The van der Waals surface area contributed by atoms with E-state index in [0.29, 0.717) is 13.1 Å². The molecule has 13 nitrogen and oxygen atoms in total. The highest BCUT2D eigenvalue weighted by molar-refractivity contribution is 6.36. The molecule has 0 bridgehead atoms. The van der Waals surface area contributed by atoms with Crippen LogP contribution in [0.3, 0.4) is 0 Å². The van der Waals surface area contributed by atoms with E-state index >= 15 is 0 Å². The van der Waals surface area contributed by atoms with Gasteiger partial charge in [-0.2, -0.15) is 18.3 Å². The fourth-order valence-corrected chi connectivity index (χ4v) is 4.06. The van der Waals surface area contributed by atoms with Crippen molar-refractivity contribution in [3.63, 3.8) is 0 Å². The topological polar surface area (TPSA) is 159 Å². The average Bonchev–Trinajstić information content (AvgIpc) is 3.57. The number of carbonyl (C=O) groups excluding carboxylic acids is 3. The molecular formula is C24H23ClF3N9O4. The Morgan fingerprint density at radius 2 is 1.98 bits per heavy atom. The Hall–Kier alpha value is -4.70. The number of aromatic amines is 1. The minimum atomic E-state index is -4.67. The molecule has 0 atom stereocenters. The van der Waals surface area contributed by atoms with Gasteiger partial charge in [0.2, 0.25) is 5.91 Å². The van der Waals surface area contributed by atoms with Crippen LogP contribution in [0.1, 0.15) is 16.1 Å². The van der Waals surface area contributed by atoms with E-state index in [2.05, 4.69) is 31.0 Å². The van der Waals surface area contributed by atoms with E-state index in [1.807, 2.05) is 24.1 Å². The van der Waals surface area contributed by atoms with Gasteiger partial charge in [0.05, 0.1) is 46.5 Å². The molecule has 0 saturated heterocycles. The number of H-pyrrole nitrogens is 1. The summed E-state index contributed by atoms with van der Waals surface area (Å²) in [5.74, 6) is -1.25. The molecule has 4 aromatic rings. The molecule has 1 aromatic carbocycles. The number of amides is 2. The molecule has 4 N–H and O–H groups in total. The predicted molar refractivity (Wildman–Crippen MR) is 141 cm³/mol. The number of hydrogen-bond donors (Lipinski definition) is 4. The van der Waals surface area contributed by atoms with Crippen molar-refractivity contribution in [2.45, 2.75) is 6.18 Å².